The maximum atomic E-state index is 5.89. The van der Waals surface area contributed by atoms with E-state index in [4.69, 9.17) is 21.7 Å². The zero-order valence-electron chi connectivity index (χ0n) is 20.0. The lowest BCUT2D eigenvalue weighted by Gasteiger charge is -2.29. The van der Waals surface area contributed by atoms with Crippen molar-refractivity contribution in [2.24, 2.45) is 0 Å². The highest BCUT2D eigenvalue weighted by Gasteiger charge is 2.42. The molecule has 178 valence electrons. The van der Waals surface area contributed by atoms with Gasteiger partial charge < -0.3 is 24.3 Å². The fraction of sp³-hybridized carbons (Fsp3) is 0.214. The summed E-state index contributed by atoms with van der Waals surface area (Å²) in [6.07, 6.45) is 1.82. The summed E-state index contributed by atoms with van der Waals surface area (Å²) < 4.78 is 13.3. The highest BCUT2D eigenvalue weighted by Crippen LogP contribution is 2.43. The Morgan fingerprint density at radius 1 is 0.914 bits per heavy atom. The molecule has 35 heavy (non-hydrogen) atoms. The second-order valence-corrected chi connectivity index (χ2v) is 8.74. The van der Waals surface area contributed by atoms with Gasteiger partial charge in [-0.05, 0) is 98.9 Å². The summed E-state index contributed by atoms with van der Waals surface area (Å²) in [6.45, 7) is 4.73. The molecule has 0 unspecified atom stereocenters. The van der Waals surface area contributed by atoms with Gasteiger partial charge in [0.2, 0.25) is 0 Å². The number of hydrogen-bond acceptors (Lipinski definition) is 4. The van der Waals surface area contributed by atoms with Crippen molar-refractivity contribution in [3.8, 4) is 17.2 Å². The van der Waals surface area contributed by atoms with Gasteiger partial charge in [0.05, 0.1) is 25.5 Å². The predicted molar refractivity (Wildman–Crippen MR) is 143 cm³/mol. The maximum Gasteiger partial charge on any atom is 0.174 e. The summed E-state index contributed by atoms with van der Waals surface area (Å²) in [6, 6.07) is 26.3. The smallest absolute Gasteiger partial charge is 0.174 e. The van der Waals surface area contributed by atoms with E-state index in [0.717, 1.165) is 40.0 Å². The quantitative estimate of drug-likeness (QED) is 0.336. The van der Waals surface area contributed by atoms with Crippen molar-refractivity contribution in [1.29, 1.82) is 0 Å². The monoisotopic (exact) mass is 484 g/mol. The fourth-order valence-corrected chi connectivity index (χ4v) is 5.02. The van der Waals surface area contributed by atoms with Crippen molar-refractivity contribution in [1.82, 2.24) is 14.9 Å². The first-order chi connectivity index (χ1) is 17.1. The third kappa shape index (κ3) is 4.35. The number of ether oxygens (including phenoxy) is 2. The molecule has 6 nitrogen and oxygen atoms in total. The number of aromatic nitrogens is 2. The van der Waals surface area contributed by atoms with E-state index in [1.165, 1.54) is 0 Å². The van der Waals surface area contributed by atoms with Crippen molar-refractivity contribution in [2.75, 3.05) is 18.6 Å². The van der Waals surface area contributed by atoms with Gasteiger partial charge in [-0.25, -0.2) is 0 Å². The molecule has 1 N–H and O–H groups in total. The highest BCUT2D eigenvalue weighted by atomic mass is 32.1. The summed E-state index contributed by atoms with van der Waals surface area (Å²) >= 11 is 5.89. The van der Waals surface area contributed by atoms with Crippen LogP contribution in [0.25, 0.3) is 5.69 Å². The number of pyridine rings is 1. The molecule has 1 fully saturated rings. The largest absolute Gasteiger partial charge is 0.497 e. The van der Waals surface area contributed by atoms with Crippen molar-refractivity contribution in [2.45, 2.75) is 25.9 Å². The molecular formula is C28H28N4O2S. The highest BCUT2D eigenvalue weighted by molar-refractivity contribution is 7.80. The molecule has 0 bridgehead atoms. The van der Waals surface area contributed by atoms with Crippen molar-refractivity contribution in [3.63, 3.8) is 0 Å². The topological polar surface area (TPSA) is 51.5 Å². The van der Waals surface area contributed by atoms with Crippen LogP contribution in [0.15, 0.2) is 85.1 Å². The van der Waals surface area contributed by atoms with Gasteiger partial charge in [-0.15, -0.1) is 0 Å². The van der Waals surface area contributed by atoms with E-state index in [1.807, 2.05) is 55.6 Å². The summed E-state index contributed by atoms with van der Waals surface area (Å²) in [5.74, 6) is 1.66. The van der Waals surface area contributed by atoms with E-state index >= 15 is 0 Å². The van der Waals surface area contributed by atoms with Crippen LogP contribution >= 0.6 is 12.2 Å². The molecule has 0 amide bonds. The average Bonchev–Trinajstić information content (AvgIpc) is 3.44. The Morgan fingerprint density at radius 3 is 2.29 bits per heavy atom. The van der Waals surface area contributed by atoms with Crippen LogP contribution in [0.1, 0.15) is 36.1 Å². The molecule has 2 aromatic carbocycles. The van der Waals surface area contributed by atoms with Crippen molar-refractivity contribution in [3.05, 3.63) is 102 Å². The van der Waals surface area contributed by atoms with Gasteiger partial charge in [0.25, 0.3) is 0 Å². The molecule has 1 aliphatic heterocycles. The molecule has 2 aromatic heterocycles. The normalized spacial score (nSPS) is 17.3. The van der Waals surface area contributed by atoms with E-state index in [0.29, 0.717) is 11.7 Å². The summed E-state index contributed by atoms with van der Waals surface area (Å²) in [7, 11) is 1.68. The zero-order chi connectivity index (χ0) is 24.4. The standard InChI is InChI=1S/C28H28N4O2S/c1-4-34-23-15-11-21(12-16-23)32-27(26(30-28(32)35)24-7-5-6-18-29-24)25-17-8-19(2)31(25)20-9-13-22(33-3)14-10-20/h5-18,26-27H,4H2,1-3H3,(H,30,35)/t26-,27-/m0/s1. The Balaban J connectivity index is 1.64. The number of benzene rings is 2. The second kappa shape index (κ2) is 9.80. The number of nitrogens with zero attached hydrogens (tertiary/aromatic N) is 3. The Kier molecular flexibility index (Phi) is 6.42. The number of nitrogens with one attached hydrogen (secondary N) is 1. The van der Waals surface area contributed by atoms with E-state index in [1.54, 1.807) is 7.11 Å². The minimum atomic E-state index is -0.124. The lowest BCUT2D eigenvalue weighted by molar-refractivity contribution is 0.340. The molecule has 1 saturated heterocycles. The van der Waals surface area contributed by atoms with Gasteiger partial charge in [-0.3, -0.25) is 4.98 Å². The molecule has 0 aliphatic carbocycles. The van der Waals surface area contributed by atoms with Crippen LogP contribution in [0.2, 0.25) is 0 Å². The van der Waals surface area contributed by atoms with Crippen molar-refractivity contribution < 1.29 is 9.47 Å². The zero-order valence-corrected chi connectivity index (χ0v) is 20.8. The lowest BCUT2D eigenvalue weighted by atomic mass is 10.0. The van der Waals surface area contributed by atoms with Crippen LogP contribution in [0.4, 0.5) is 5.69 Å². The first-order valence-corrected chi connectivity index (χ1v) is 12.1. The SMILES string of the molecule is CCOc1ccc(N2C(=S)N[C@@H](c3ccccn3)[C@@H]2c2ccc(C)n2-c2ccc(OC)cc2)cc1. The summed E-state index contributed by atoms with van der Waals surface area (Å²) in [4.78, 5) is 6.85. The number of anilines is 1. The van der Waals surface area contributed by atoms with Gasteiger partial charge in [0, 0.05) is 29.0 Å². The van der Waals surface area contributed by atoms with E-state index in [-0.39, 0.29) is 12.1 Å². The molecule has 0 radical (unpaired) electrons. The predicted octanol–water partition coefficient (Wildman–Crippen LogP) is 5.77. The number of thiocarbonyl (C=S) groups is 1. The Labute approximate surface area is 211 Å². The second-order valence-electron chi connectivity index (χ2n) is 8.36. The van der Waals surface area contributed by atoms with Crippen LogP contribution in [0.5, 0.6) is 11.5 Å². The van der Waals surface area contributed by atoms with E-state index in [2.05, 4.69) is 63.1 Å². The van der Waals surface area contributed by atoms with Gasteiger partial charge in [-0.2, -0.15) is 0 Å². The van der Waals surface area contributed by atoms with E-state index in [9.17, 15) is 0 Å². The van der Waals surface area contributed by atoms with Crippen LogP contribution in [-0.4, -0.2) is 28.4 Å². The van der Waals surface area contributed by atoms with Crippen LogP contribution in [0.3, 0.4) is 0 Å². The average molecular weight is 485 g/mol. The first-order valence-electron chi connectivity index (χ1n) is 11.7. The van der Waals surface area contributed by atoms with Gasteiger partial charge in [-0.1, -0.05) is 6.07 Å². The Bertz CT molecular complexity index is 1300. The molecule has 5 rings (SSSR count). The molecule has 0 spiro atoms. The minimum Gasteiger partial charge on any atom is -0.497 e. The molecule has 2 atom stereocenters. The summed E-state index contributed by atoms with van der Waals surface area (Å²) in [5.41, 5.74) is 5.24. The first kappa shape index (κ1) is 22.9. The van der Waals surface area contributed by atoms with Crippen LogP contribution in [0, 0.1) is 6.92 Å². The number of aryl methyl sites for hydroxylation is 1. The molecule has 4 aromatic rings. The molecule has 3 heterocycles. The fourth-order valence-electron chi connectivity index (χ4n) is 4.68. The van der Waals surface area contributed by atoms with Crippen molar-refractivity contribution >= 4 is 23.0 Å². The number of rotatable bonds is 7. The summed E-state index contributed by atoms with van der Waals surface area (Å²) in [5, 5.41) is 4.21. The van der Waals surface area contributed by atoms with E-state index < -0.39 is 0 Å². The van der Waals surface area contributed by atoms with Crippen LogP contribution in [-0.2, 0) is 0 Å². The van der Waals surface area contributed by atoms with Gasteiger partial charge in [0.15, 0.2) is 5.11 Å². The third-order valence-corrected chi connectivity index (χ3v) is 6.58. The maximum absolute atomic E-state index is 5.89. The van der Waals surface area contributed by atoms with Gasteiger partial charge >= 0.3 is 0 Å². The molecule has 1 aliphatic rings. The molecule has 0 saturated carbocycles. The van der Waals surface area contributed by atoms with Crippen LogP contribution < -0.4 is 19.7 Å². The number of methoxy groups -OCH3 is 1. The third-order valence-electron chi connectivity index (χ3n) is 6.26. The minimum absolute atomic E-state index is 0.119. The van der Waals surface area contributed by atoms with Gasteiger partial charge in [0.1, 0.15) is 17.5 Å². The Morgan fingerprint density at radius 2 is 1.63 bits per heavy atom. The Hall–Kier alpha value is -3.84. The number of hydrogen-bond donors (Lipinski definition) is 1. The molecule has 7 heteroatoms. The lowest BCUT2D eigenvalue weighted by Crippen LogP contribution is -2.30. The molecular weight excluding hydrogens is 456 g/mol.